The molecule has 1 aromatic heterocycles. The Kier molecular flexibility index (Phi) is 4.72. The number of hydrogen-bond acceptors (Lipinski definition) is 4. The number of nitrogens with one attached hydrogen (secondary N) is 1. The molecule has 0 aliphatic heterocycles. The molecule has 0 saturated heterocycles. The van der Waals surface area contributed by atoms with Gasteiger partial charge in [-0.15, -0.1) is 0 Å². The van der Waals surface area contributed by atoms with Crippen LogP contribution < -0.4 is 10.5 Å². The zero-order chi connectivity index (χ0) is 14.6. The molecule has 0 radical (unpaired) electrons. The van der Waals surface area contributed by atoms with Gasteiger partial charge in [0.2, 0.25) is 10.0 Å². The monoisotopic (exact) mass is 311 g/mol. The lowest BCUT2D eigenvalue weighted by molar-refractivity contribution is 0.580. The molecule has 0 aliphatic rings. The lowest BCUT2D eigenvalue weighted by atomic mass is 10.2. The summed E-state index contributed by atoms with van der Waals surface area (Å²) in [6, 6.07) is 9.76. The lowest BCUT2D eigenvalue weighted by Crippen LogP contribution is -2.24. The number of rotatable bonds is 5. The zero-order valence-electron chi connectivity index (χ0n) is 10.6. The zero-order valence-corrected chi connectivity index (χ0v) is 12.2. The van der Waals surface area contributed by atoms with Crippen LogP contribution in [0.3, 0.4) is 0 Å². The number of aromatic nitrogens is 1. The minimum absolute atomic E-state index is 0.129. The van der Waals surface area contributed by atoms with Crippen LogP contribution in [0.2, 0.25) is 5.02 Å². The summed E-state index contributed by atoms with van der Waals surface area (Å²) in [7, 11) is -3.61. The van der Waals surface area contributed by atoms with Crippen LogP contribution in [0.1, 0.15) is 11.3 Å². The molecule has 0 bridgehead atoms. The van der Waals surface area contributed by atoms with Crippen molar-refractivity contribution in [1.82, 2.24) is 9.71 Å². The van der Waals surface area contributed by atoms with Gasteiger partial charge in [0.1, 0.15) is 0 Å². The first-order chi connectivity index (χ1) is 9.53. The fourth-order valence-corrected chi connectivity index (χ4v) is 2.87. The second-order valence-corrected chi connectivity index (χ2v) is 6.28. The van der Waals surface area contributed by atoms with Crippen LogP contribution in [0, 0.1) is 0 Å². The van der Waals surface area contributed by atoms with E-state index in [0.29, 0.717) is 16.3 Å². The van der Waals surface area contributed by atoms with Crippen molar-refractivity contribution in [2.45, 2.75) is 18.0 Å². The molecule has 5 nitrogen and oxygen atoms in total. The Hall–Kier alpha value is -1.47. The van der Waals surface area contributed by atoms with Gasteiger partial charge in [-0.3, -0.25) is 4.98 Å². The quantitative estimate of drug-likeness (QED) is 0.879. The summed E-state index contributed by atoms with van der Waals surface area (Å²) in [5, 5.41) is 0.455. The van der Waals surface area contributed by atoms with Crippen LogP contribution in [0.25, 0.3) is 0 Å². The first-order valence-corrected chi connectivity index (χ1v) is 7.77. The normalized spacial score (nSPS) is 11.5. The summed E-state index contributed by atoms with van der Waals surface area (Å²) in [5.74, 6) is 0. The molecular formula is C13H14ClN3O2S. The van der Waals surface area contributed by atoms with Crippen molar-refractivity contribution in [3.63, 3.8) is 0 Å². The molecule has 0 fully saturated rings. The first kappa shape index (κ1) is 14.9. The SMILES string of the molecule is NCc1cc(S(=O)(=O)NCc2ccccn2)ccc1Cl. The highest BCUT2D eigenvalue weighted by Crippen LogP contribution is 2.20. The van der Waals surface area contributed by atoms with E-state index in [1.165, 1.54) is 18.2 Å². The topological polar surface area (TPSA) is 85.1 Å². The Morgan fingerprint density at radius 1 is 1.25 bits per heavy atom. The number of nitrogens with two attached hydrogens (primary N) is 1. The van der Waals surface area contributed by atoms with E-state index in [1.54, 1.807) is 24.4 Å². The molecule has 0 spiro atoms. The maximum Gasteiger partial charge on any atom is 0.240 e. The number of benzene rings is 1. The van der Waals surface area contributed by atoms with E-state index >= 15 is 0 Å². The molecule has 1 heterocycles. The summed E-state index contributed by atoms with van der Waals surface area (Å²) in [5.41, 5.74) is 6.75. The minimum atomic E-state index is -3.61. The fourth-order valence-electron chi connectivity index (χ4n) is 1.63. The standard InChI is InChI=1S/C13H14ClN3O2S/c14-13-5-4-12(7-10(13)8-15)20(18,19)17-9-11-3-1-2-6-16-11/h1-7,17H,8-9,15H2. The second kappa shape index (κ2) is 6.32. The van der Waals surface area contributed by atoms with Crippen molar-refractivity contribution >= 4 is 21.6 Å². The maximum absolute atomic E-state index is 12.2. The van der Waals surface area contributed by atoms with Gasteiger partial charge in [0.25, 0.3) is 0 Å². The Labute approximate surface area is 122 Å². The van der Waals surface area contributed by atoms with Crippen molar-refractivity contribution < 1.29 is 8.42 Å². The van der Waals surface area contributed by atoms with E-state index in [9.17, 15) is 8.42 Å². The van der Waals surface area contributed by atoms with E-state index in [2.05, 4.69) is 9.71 Å². The molecule has 0 unspecified atom stereocenters. The van der Waals surface area contributed by atoms with Gasteiger partial charge in [-0.05, 0) is 35.9 Å². The van der Waals surface area contributed by atoms with Gasteiger partial charge in [-0.1, -0.05) is 17.7 Å². The Bertz CT molecular complexity index is 690. The molecule has 20 heavy (non-hydrogen) atoms. The molecule has 0 aliphatic carbocycles. The van der Waals surface area contributed by atoms with Crippen LogP contribution in [0.5, 0.6) is 0 Å². The first-order valence-electron chi connectivity index (χ1n) is 5.91. The number of hydrogen-bond donors (Lipinski definition) is 2. The molecule has 0 amide bonds. The number of nitrogens with zero attached hydrogens (tertiary/aromatic N) is 1. The number of halogens is 1. The van der Waals surface area contributed by atoms with Gasteiger partial charge in [0.05, 0.1) is 17.1 Å². The highest BCUT2D eigenvalue weighted by atomic mass is 35.5. The van der Waals surface area contributed by atoms with Crippen LogP contribution in [-0.4, -0.2) is 13.4 Å². The van der Waals surface area contributed by atoms with Crippen molar-refractivity contribution in [1.29, 1.82) is 0 Å². The van der Waals surface area contributed by atoms with E-state index in [0.717, 1.165) is 0 Å². The van der Waals surface area contributed by atoms with E-state index in [-0.39, 0.29) is 18.0 Å². The second-order valence-electron chi connectivity index (χ2n) is 4.10. The van der Waals surface area contributed by atoms with Crippen LogP contribution >= 0.6 is 11.6 Å². The van der Waals surface area contributed by atoms with Gasteiger partial charge in [0, 0.05) is 17.8 Å². The average Bonchev–Trinajstić information content (AvgIpc) is 2.46. The van der Waals surface area contributed by atoms with Gasteiger partial charge in [0.15, 0.2) is 0 Å². The third-order valence-electron chi connectivity index (χ3n) is 2.72. The predicted molar refractivity (Wildman–Crippen MR) is 77.6 cm³/mol. The van der Waals surface area contributed by atoms with Crippen molar-refractivity contribution in [2.75, 3.05) is 0 Å². The van der Waals surface area contributed by atoms with Crippen LogP contribution in [0.4, 0.5) is 0 Å². The molecule has 106 valence electrons. The molecule has 2 aromatic rings. The summed E-state index contributed by atoms with van der Waals surface area (Å²) in [6.45, 7) is 0.312. The number of sulfonamides is 1. The van der Waals surface area contributed by atoms with E-state index in [1.807, 2.05) is 0 Å². The minimum Gasteiger partial charge on any atom is -0.326 e. The van der Waals surface area contributed by atoms with Gasteiger partial charge in [-0.2, -0.15) is 0 Å². The average molecular weight is 312 g/mol. The largest absolute Gasteiger partial charge is 0.326 e. The molecule has 1 aromatic carbocycles. The van der Waals surface area contributed by atoms with Gasteiger partial charge in [-0.25, -0.2) is 13.1 Å². The molecule has 3 N–H and O–H groups in total. The number of pyridine rings is 1. The van der Waals surface area contributed by atoms with Crippen LogP contribution in [0.15, 0.2) is 47.5 Å². The summed E-state index contributed by atoms with van der Waals surface area (Å²) >= 11 is 5.91. The summed E-state index contributed by atoms with van der Waals surface area (Å²) in [4.78, 5) is 4.19. The summed E-state index contributed by atoms with van der Waals surface area (Å²) < 4.78 is 26.8. The molecular weight excluding hydrogens is 298 g/mol. The maximum atomic E-state index is 12.2. The van der Waals surface area contributed by atoms with E-state index in [4.69, 9.17) is 17.3 Å². The molecule has 0 atom stereocenters. The van der Waals surface area contributed by atoms with Crippen molar-refractivity contribution in [2.24, 2.45) is 5.73 Å². The van der Waals surface area contributed by atoms with Gasteiger partial charge >= 0.3 is 0 Å². The Balaban J connectivity index is 2.18. The fraction of sp³-hybridized carbons (Fsp3) is 0.154. The third-order valence-corrected chi connectivity index (χ3v) is 4.48. The molecule has 0 saturated carbocycles. The molecule has 7 heteroatoms. The smallest absolute Gasteiger partial charge is 0.240 e. The van der Waals surface area contributed by atoms with E-state index < -0.39 is 10.0 Å². The van der Waals surface area contributed by atoms with Crippen LogP contribution in [-0.2, 0) is 23.1 Å². The Morgan fingerprint density at radius 3 is 2.70 bits per heavy atom. The summed E-state index contributed by atoms with van der Waals surface area (Å²) in [6.07, 6.45) is 1.61. The van der Waals surface area contributed by atoms with Gasteiger partial charge < -0.3 is 5.73 Å². The van der Waals surface area contributed by atoms with Crippen molar-refractivity contribution in [3.8, 4) is 0 Å². The van der Waals surface area contributed by atoms with Crippen molar-refractivity contribution in [3.05, 3.63) is 58.9 Å². The lowest BCUT2D eigenvalue weighted by Gasteiger charge is -2.08. The predicted octanol–water partition coefficient (Wildman–Crippen LogP) is 1.67. The highest BCUT2D eigenvalue weighted by molar-refractivity contribution is 7.89. The molecule has 2 rings (SSSR count). The third kappa shape index (κ3) is 3.55. The highest BCUT2D eigenvalue weighted by Gasteiger charge is 2.15. The Morgan fingerprint density at radius 2 is 2.05 bits per heavy atom.